The first-order valence-corrected chi connectivity index (χ1v) is 27.5. The number of hydrogen-bond donors (Lipinski definition) is 1. The largest absolute Gasteiger partial charge is 0.504 e. The summed E-state index contributed by atoms with van der Waals surface area (Å²) in [6.45, 7) is 34.9. The normalized spacial score (nSPS) is 11.4. The van der Waals surface area contributed by atoms with Gasteiger partial charge in [0.2, 0.25) is 0 Å². The van der Waals surface area contributed by atoms with E-state index >= 15 is 0 Å². The zero-order chi connectivity index (χ0) is 60.3. The second kappa shape index (κ2) is 38.2. The van der Waals surface area contributed by atoms with Crippen molar-refractivity contribution in [2.75, 3.05) is 14.2 Å². The third-order valence-corrected chi connectivity index (χ3v) is 12.7. The van der Waals surface area contributed by atoms with Crippen LogP contribution in [0.3, 0.4) is 0 Å². The van der Waals surface area contributed by atoms with Crippen LogP contribution in [0.4, 0.5) is 4.39 Å². The van der Waals surface area contributed by atoms with Gasteiger partial charge in [0, 0.05) is 36.8 Å². The summed E-state index contributed by atoms with van der Waals surface area (Å²) in [4.78, 5) is 32.8. The lowest BCUT2D eigenvalue weighted by Gasteiger charge is -2.12. The van der Waals surface area contributed by atoms with Gasteiger partial charge in [0.05, 0.1) is 14.2 Å². The molecule has 0 bridgehead atoms. The van der Waals surface area contributed by atoms with Crippen LogP contribution in [-0.4, -0.2) is 36.7 Å². The van der Waals surface area contributed by atoms with Crippen LogP contribution in [0.5, 0.6) is 17.2 Å². The third kappa shape index (κ3) is 27.3. The molecule has 7 aromatic carbocycles. The maximum atomic E-state index is 12.3. The van der Waals surface area contributed by atoms with Crippen LogP contribution in [0.2, 0.25) is 0 Å². The number of allylic oxidation sites excluding steroid dienone is 5. The molecular formula is C74H87FO6. The molecule has 0 unspecified atom stereocenters. The van der Waals surface area contributed by atoms with E-state index in [1.165, 1.54) is 47.9 Å². The van der Waals surface area contributed by atoms with Crippen molar-refractivity contribution in [3.8, 4) is 17.2 Å². The summed E-state index contributed by atoms with van der Waals surface area (Å²) in [5, 5.41) is 9.26. The van der Waals surface area contributed by atoms with E-state index in [1.807, 2.05) is 133 Å². The number of halogens is 1. The number of aryl methyl sites for hydroxylation is 3. The highest BCUT2D eigenvalue weighted by molar-refractivity contribution is 5.98. The van der Waals surface area contributed by atoms with Crippen LogP contribution in [0.25, 0.3) is 27.9 Å². The Morgan fingerprint density at radius 3 is 1.33 bits per heavy atom. The number of ketones is 3. The Morgan fingerprint density at radius 1 is 0.481 bits per heavy atom. The molecule has 0 atom stereocenters. The zero-order valence-corrected chi connectivity index (χ0v) is 49.9. The molecule has 81 heavy (non-hydrogen) atoms. The van der Waals surface area contributed by atoms with Gasteiger partial charge in [-0.1, -0.05) is 219 Å². The number of Topliss-reactive ketones (excluding diaryl/α,β-unsaturated/α-hetero) is 3. The quantitative estimate of drug-likeness (QED) is 0.145. The van der Waals surface area contributed by atoms with Crippen molar-refractivity contribution < 1.29 is 33.4 Å². The molecule has 9 rings (SSSR count). The lowest BCUT2D eigenvalue weighted by molar-refractivity contribution is -0.120. The van der Waals surface area contributed by atoms with Crippen LogP contribution in [0.1, 0.15) is 158 Å². The van der Waals surface area contributed by atoms with Gasteiger partial charge in [-0.2, -0.15) is 0 Å². The van der Waals surface area contributed by atoms with E-state index in [4.69, 9.17) is 9.47 Å². The van der Waals surface area contributed by atoms with E-state index in [-0.39, 0.29) is 17.3 Å². The Labute approximate surface area is 485 Å². The topological polar surface area (TPSA) is 89.9 Å². The minimum atomic E-state index is -0.204. The fourth-order valence-electron chi connectivity index (χ4n) is 7.68. The standard InChI is InChI=1S/C11H14O.C10H12O2.C10H10O.C10H12.C9H9F.C9H10O.C9H10.C6H10O/c1-8(2)10-6-5-9(3)11(7-10)12-4;1-7(2)8-4-5-9(11)10(6-8)12-3;11-10-7-3-5-8-4-1-2-6-9(8)10;1-8(2)10-6-4-9(3)5-7-10;1-7(2)8-3-5-9(10)6-4-8;1-2-9(10)8-6-4-3-5-7-8;1-8(2)9-6-4-3-5-7-9;7-6-4-2-1-3-5-6/h5-7H,1H2,2-4H3;4-6,11H,1H2,2-3H3;1-2,4,6H,3,5,7H2;4-7H,1H2,2-3H3;3-6H,1H2,2H3;3-7H,2H2,1H3;3-7H,1H2,2H3;1-5H2. The highest BCUT2D eigenvalue weighted by atomic mass is 19.1. The SMILES string of the molecule is C=C(C)c1ccc(C)c(OC)c1.C=C(C)c1ccc(C)cc1.C=C(C)c1ccc(F)cc1.C=C(C)c1ccc(O)c(OC)c1.C=C(C)c1ccccc1.CCC(=O)c1ccccc1.O=C1CCCCC1.O=C1CCCc2ccccc21. The number of carbonyl (C=O) groups excluding carboxylic acids is 3. The number of phenols is 1. The molecule has 7 heteroatoms. The van der Waals surface area contributed by atoms with E-state index in [0.29, 0.717) is 23.7 Å². The van der Waals surface area contributed by atoms with E-state index in [9.17, 15) is 23.9 Å². The maximum absolute atomic E-state index is 12.3. The molecular weight excluding hydrogens is 1000 g/mol. The average Bonchev–Trinajstić information content (AvgIpc) is 3.47. The van der Waals surface area contributed by atoms with Crippen LogP contribution in [-0.2, 0) is 11.2 Å². The van der Waals surface area contributed by atoms with Gasteiger partial charge in [-0.05, 0) is 143 Å². The maximum Gasteiger partial charge on any atom is 0.163 e. The second-order valence-corrected chi connectivity index (χ2v) is 19.9. The fraction of sp³-hybridized carbons (Fsp3) is 0.257. The Hall–Kier alpha value is -8.42. The highest BCUT2D eigenvalue weighted by Crippen LogP contribution is 2.29. The van der Waals surface area contributed by atoms with Gasteiger partial charge in [0.15, 0.2) is 23.1 Å². The first kappa shape index (κ1) is 68.7. The van der Waals surface area contributed by atoms with Crippen molar-refractivity contribution in [1.29, 1.82) is 0 Å². The Morgan fingerprint density at radius 2 is 0.901 bits per heavy atom. The Balaban J connectivity index is 0.000000317. The van der Waals surface area contributed by atoms with Crippen molar-refractivity contribution in [2.24, 2.45) is 0 Å². The van der Waals surface area contributed by atoms with Crippen LogP contribution >= 0.6 is 0 Å². The number of rotatable bonds is 9. The van der Waals surface area contributed by atoms with Crippen molar-refractivity contribution in [3.63, 3.8) is 0 Å². The molecule has 1 fully saturated rings. The lowest BCUT2D eigenvalue weighted by Crippen LogP contribution is -2.09. The Bertz CT molecular complexity index is 2970. The number of phenolic OH excluding ortho intramolecular Hbond substituents is 1. The predicted molar refractivity (Wildman–Crippen MR) is 343 cm³/mol. The second-order valence-electron chi connectivity index (χ2n) is 19.9. The molecule has 0 aromatic heterocycles. The van der Waals surface area contributed by atoms with E-state index in [0.717, 1.165) is 112 Å². The third-order valence-electron chi connectivity index (χ3n) is 12.7. The van der Waals surface area contributed by atoms with Crippen molar-refractivity contribution >= 4 is 45.2 Å². The van der Waals surface area contributed by atoms with Crippen molar-refractivity contribution in [2.45, 2.75) is 113 Å². The molecule has 1 saturated carbocycles. The lowest BCUT2D eigenvalue weighted by atomic mass is 9.91. The number of fused-ring (bicyclic) bond motifs is 1. The molecule has 6 nitrogen and oxygen atoms in total. The summed E-state index contributed by atoms with van der Waals surface area (Å²) in [5.41, 5.74) is 16.2. The average molecular weight is 1090 g/mol. The molecule has 426 valence electrons. The van der Waals surface area contributed by atoms with Crippen molar-refractivity contribution in [3.05, 3.63) is 264 Å². The molecule has 0 spiro atoms. The molecule has 0 amide bonds. The minimum Gasteiger partial charge on any atom is -0.504 e. The zero-order valence-electron chi connectivity index (χ0n) is 49.9. The smallest absolute Gasteiger partial charge is 0.163 e. The number of carbonyl (C=O) groups is 3. The van der Waals surface area contributed by atoms with E-state index < -0.39 is 0 Å². The van der Waals surface area contributed by atoms with Crippen LogP contribution in [0.15, 0.2) is 203 Å². The summed E-state index contributed by atoms with van der Waals surface area (Å²) in [7, 11) is 3.21. The molecule has 0 aliphatic heterocycles. The van der Waals surface area contributed by atoms with Crippen molar-refractivity contribution in [1.82, 2.24) is 0 Å². The number of ether oxygens (including phenoxy) is 2. The first-order chi connectivity index (χ1) is 38.6. The minimum absolute atomic E-state index is 0.155. The number of hydrogen-bond acceptors (Lipinski definition) is 6. The van der Waals surface area contributed by atoms with Gasteiger partial charge >= 0.3 is 0 Å². The summed E-state index contributed by atoms with van der Waals surface area (Å²) in [6, 6.07) is 53.4. The molecule has 0 saturated heterocycles. The van der Waals surface area contributed by atoms with E-state index in [1.54, 1.807) is 37.4 Å². The molecule has 0 radical (unpaired) electrons. The van der Waals surface area contributed by atoms with Gasteiger partial charge in [-0.25, -0.2) is 4.39 Å². The van der Waals surface area contributed by atoms with Gasteiger partial charge in [-0.3, -0.25) is 14.4 Å². The van der Waals surface area contributed by atoms with Gasteiger partial charge in [0.1, 0.15) is 17.3 Å². The predicted octanol–water partition coefficient (Wildman–Crippen LogP) is 20.1. The molecule has 2 aliphatic carbocycles. The highest BCUT2D eigenvalue weighted by Gasteiger charge is 2.15. The first-order valence-electron chi connectivity index (χ1n) is 27.5. The molecule has 0 heterocycles. The number of benzene rings is 7. The van der Waals surface area contributed by atoms with Gasteiger partial charge < -0.3 is 14.6 Å². The van der Waals surface area contributed by atoms with Gasteiger partial charge in [0.25, 0.3) is 0 Å². The molecule has 7 aromatic rings. The molecule has 2 aliphatic rings. The van der Waals surface area contributed by atoms with Crippen LogP contribution in [0, 0.1) is 19.7 Å². The van der Waals surface area contributed by atoms with Gasteiger partial charge in [-0.15, -0.1) is 0 Å². The Kier molecular flexibility index (Phi) is 32.4. The number of methoxy groups -OCH3 is 2. The number of aromatic hydroxyl groups is 1. The molecule has 1 N–H and O–H groups in total. The van der Waals surface area contributed by atoms with Crippen LogP contribution < -0.4 is 9.47 Å². The summed E-state index contributed by atoms with van der Waals surface area (Å²) >= 11 is 0. The van der Waals surface area contributed by atoms with E-state index in [2.05, 4.69) is 82.3 Å². The monoisotopic (exact) mass is 1090 g/mol. The summed E-state index contributed by atoms with van der Waals surface area (Å²) in [5.74, 6) is 2.34. The summed E-state index contributed by atoms with van der Waals surface area (Å²) in [6.07, 6.45) is 8.65. The fourth-order valence-corrected chi connectivity index (χ4v) is 7.68. The summed E-state index contributed by atoms with van der Waals surface area (Å²) < 4.78 is 22.5.